The van der Waals surface area contributed by atoms with Gasteiger partial charge < -0.3 is 5.32 Å². The molecule has 4 nitrogen and oxygen atoms in total. The molecule has 1 rings (SSSR count). The van der Waals surface area contributed by atoms with Crippen LogP contribution in [0.1, 0.15) is 32.6 Å². The molecule has 0 saturated heterocycles. The Morgan fingerprint density at radius 1 is 1.40 bits per heavy atom. The Morgan fingerprint density at radius 2 is 2.05 bits per heavy atom. The van der Waals surface area contributed by atoms with E-state index >= 15 is 0 Å². The molecule has 0 bridgehead atoms. The van der Waals surface area contributed by atoms with E-state index in [0.29, 0.717) is 24.0 Å². The van der Waals surface area contributed by atoms with E-state index in [1.807, 2.05) is 39.3 Å². The van der Waals surface area contributed by atoms with Crippen LogP contribution in [0.25, 0.3) is 0 Å². The highest BCUT2D eigenvalue weighted by atomic mass is 32.2. The topological polar surface area (TPSA) is 58.2 Å². The van der Waals surface area contributed by atoms with Crippen molar-refractivity contribution < 1.29 is 8.42 Å². The van der Waals surface area contributed by atoms with Crippen LogP contribution in [0.5, 0.6) is 0 Å². The van der Waals surface area contributed by atoms with E-state index in [4.69, 9.17) is 0 Å². The monoisotopic (exact) mass is 336 g/mol. The normalized spacial score (nSPS) is 13.1. The Balaban J connectivity index is 2.80. The second-order valence-corrected chi connectivity index (χ2v) is 9.78. The SMILES string of the molecule is CSC(C)(C)CNS(=O)(=O)c1ccsc1CNC(C)C. The van der Waals surface area contributed by atoms with Gasteiger partial charge in [-0.3, -0.25) is 0 Å². The first-order chi connectivity index (χ1) is 9.18. The maximum atomic E-state index is 12.4. The summed E-state index contributed by atoms with van der Waals surface area (Å²) in [5.74, 6) is 0. The lowest BCUT2D eigenvalue weighted by molar-refractivity contribution is 0.564. The van der Waals surface area contributed by atoms with Crippen molar-refractivity contribution in [3.63, 3.8) is 0 Å². The number of nitrogens with one attached hydrogen (secondary N) is 2. The van der Waals surface area contributed by atoms with Crippen LogP contribution in [0.4, 0.5) is 0 Å². The summed E-state index contributed by atoms with van der Waals surface area (Å²) < 4.78 is 27.4. The van der Waals surface area contributed by atoms with Gasteiger partial charge in [-0.1, -0.05) is 13.8 Å². The minimum absolute atomic E-state index is 0.112. The van der Waals surface area contributed by atoms with Gasteiger partial charge in [-0.25, -0.2) is 13.1 Å². The Bertz CT molecular complexity index is 521. The van der Waals surface area contributed by atoms with Gasteiger partial charge in [-0.05, 0) is 31.5 Å². The fourth-order valence-corrected chi connectivity index (χ4v) is 4.32. The van der Waals surface area contributed by atoms with Gasteiger partial charge in [0.2, 0.25) is 10.0 Å². The average Bonchev–Trinajstić information content (AvgIpc) is 2.83. The van der Waals surface area contributed by atoms with Crippen LogP contribution in [0.3, 0.4) is 0 Å². The molecule has 0 aromatic carbocycles. The summed E-state index contributed by atoms with van der Waals surface area (Å²) in [4.78, 5) is 1.25. The molecule has 7 heteroatoms. The number of sulfonamides is 1. The Labute approximate surface area is 130 Å². The Morgan fingerprint density at radius 3 is 2.60 bits per heavy atom. The predicted octanol–water partition coefficient (Wildman–Crippen LogP) is 2.67. The molecule has 20 heavy (non-hydrogen) atoms. The first-order valence-corrected chi connectivity index (χ1v) is 10.1. The van der Waals surface area contributed by atoms with Crippen molar-refractivity contribution in [1.29, 1.82) is 0 Å². The lowest BCUT2D eigenvalue weighted by Gasteiger charge is -2.22. The fourth-order valence-electron chi connectivity index (χ4n) is 1.41. The third-order valence-electron chi connectivity index (χ3n) is 2.91. The molecule has 0 spiro atoms. The molecule has 0 amide bonds. The molecule has 0 saturated carbocycles. The Kier molecular flexibility index (Phi) is 6.53. The quantitative estimate of drug-likeness (QED) is 0.766. The van der Waals surface area contributed by atoms with Gasteiger partial charge in [0, 0.05) is 28.8 Å². The van der Waals surface area contributed by atoms with E-state index in [9.17, 15) is 8.42 Å². The van der Waals surface area contributed by atoms with Crippen molar-refractivity contribution in [2.75, 3.05) is 12.8 Å². The van der Waals surface area contributed by atoms with Crippen LogP contribution in [-0.2, 0) is 16.6 Å². The summed E-state index contributed by atoms with van der Waals surface area (Å²) in [5.41, 5.74) is 0. The zero-order chi connectivity index (χ0) is 15.4. The summed E-state index contributed by atoms with van der Waals surface area (Å²) in [6, 6.07) is 2.01. The second-order valence-electron chi connectivity index (χ2n) is 5.53. The first-order valence-electron chi connectivity index (χ1n) is 6.52. The number of thioether (sulfide) groups is 1. The van der Waals surface area contributed by atoms with E-state index < -0.39 is 10.0 Å². The molecule has 0 aliphatic carbocycles. The van der Waals surface area contributed by atoms with E-state index in [2.05, 4.69) is 10.0 Å². The van der Waals surface area contributed by atoms with Crippen molar-refractivity contribution in [3.05, 3.63) is 16.3 Å². The predicted molar refractivity (Wildman–Crippen MR) is 89.1 cm³/mol. The summed E-state index contributed by atoms with van der Waals surface area (Å²) in [6.45, 7) is 9.13. The largest absolute Gasteiger partial charge is 0.310 e. The van der Waals surface area contributed by atoms with E-state index in [1.54, 1.807) is 17.8 Å². The van der Waals surface area contributed by atoms with Gasteiger partial charge >= 0.3 is 0 Å². The zero-order valence-electron chi connectivity index (χ0n) is 12.7. The van der Waals surface area contributed by atoms with E-state index in [0.717, 1.165) is 4.88 Å². The standard InChI is InChI=1S/C13H24N2O2S3/c1-10(2)14-8-11-12(6-7-19-11)20(16,17)15-9-13(3,4)18-5/h6-7,10,14-15H,8-9H2,1-5H3. The molecule has 116 valence electrons. The van der Waals surface area contributed by atoms with Crippen LogP contribution in [0, 0.1) is 0 Å². The number of rotatable bonds is 8. The second kappa shape index (κ2) is 7.26. The van der Waals surface area contributed by atoms with Gasteiger partial charge in [0.15, 0.2) is 0 Å². The molecule has 0 aliphatic heterocycles. The Hall–Kier alpha value is -0.0800. The highest BCUT2D eigenvalue weighted by Crippen LogP contribution is 2.24. The highest BCUT2D eigenvalue weighted by Gasteiger charge is 2.24. The van der Waals surface area contributed by atoms with Crippen molar-refractivity contribution in [2.24, 2.45) is 0 Å². The summed E-state index contributed by atoms with van der Waals surface area (Å²) in [7, 11) is -3.43. The summed E-state index contributed by atoms with van der Waals surface area (Å²) >= 11 is 3.12. The van der Waals surface area contributed by atoms with Gasteiger partial charge in [-0.2, -0.15) is 11.8 Å². The number of hydrogen-bond acceptors (Lipinski definition) is 5. The van der Waals surface area contributed by atoms with Crippen molar-refractivity contribution in [1.82, 2.24) is 10.0 Å². The minimum Gasteiger partial charge on any atom is -0.310 e. The molecule has 2 N–H and O–H groups in total. The van der Waals surface area contributed by atoms with Crippen molar-refractivity contribution in [3.8, 4) is 0 Å². The molecule has 1 aromatic rings. The van der Waals surface area contributed by atoms with Crippen LogP contribution in [-0.4, -0.2) is 32.0 Å². The third kappa shape index (κ3) is 5.37. The third-order valence-corrected chi connectivity index (χ3v) is 6.69. The molecule has 0 atom stereocenters. The average molecular weight is 337 g/mol. The molecule has 0 unspecified atom stereocenters. The molecule has 0 aliphatic rings. The molecule has 0 radical (unpaired) electrons. The maximum absolute atomic E-state index is 12.4. The first kappa shape index (κ1) is 18.0. The van der Waals surface area contributed by atoms with Crippen molar-refractivity contribution in [2.45, 2.75) is 49.9 Å². The molecule has 0 fully saturated rings. The van der Waals surface area contributed by atoms with Crippen molar-refractivity contribution >= 4 is 33.1 Å². The van der Waals surface area contributed by atoms with E-state index in [1.165, 1.54) is 11.3 Å². The molecular weight excluding hydrogens is 312 g/mol. The fraction of sp³-hybridized carbons (Fsp3) is 0.692. The molecule has 1 aromatic heterocycles. The minimum atomic E-state index is -3.43. The number of thiophene rings is 1. The lowest BCUT2D eigenvalue weighted by atomic mass is 10.2. The van der Waals surface area contributed by atoms with Crippen LogP contribution >= 0.6 is 23.1 Å². The van der Waals surface area contributed by atoms with E-state index in [-0.39, 0.29) is 4.75 Å². The van der Waals surface area contributed by atoms with Gasteiger partial charge in [-0.15, -0.1) is 11.3 Å². The lowest BCUT2D eigenvalue weighted by Crippen LogP contribution is -2.36. The molecule has 1 heterocycles. The van der Waals surface area contributed by atoms with Crippen LogP contribution < -0.4 is 10.0 Å². The van der Waals surface area contributed by atoms with Crippen LogP contribution in [0.15, 0.2) is 16.3 Å². The molecular formula is C13H24N2O2S3. The highest BCUT2D eigenvalue weighted by molar-refractivity contribution is 8.00. The smallest absolute Gasteiger partial charge is 0.241 e. The number of hydrogen-bond donors (Lipinski definition) is 2. The summed E-state index contributed by atoms with van der Waals surface area (Å²) in [6.07, 6.45) is 1.98. The van der Waals surface area contributed by atoms with Gasteiger partial charge in [0.05, 0.1) is 4.90 Å². The zero-order valence-corrected chi connectivity index (χ0v) is 15.1. The summed E-state index contributed by atoms with van der Waals surface area (Å²) in [5, 5.41) is 5.08. The maximum Gasteiger partial charge on any atom is 0.241 e. The van der Waals surface area contributed by atoms with Gasteiger partial charge in [0.1, 0.15) is 0 Å². The van der Waals surface area contributed by atoms with Crippen LogP contribution in [0.2, 0.25) is 0 Å². The van der Waals surface area contributed by atoms with Gasteiger partial charge in [0.25, 0.3) is 0 Å².